The molecule has 29 heavy (non-hydrogen) atoms. The number of nitrogens with one attached hydrogen (secondary N) is 1. The molecule has 2 aromatic carbocycles. The fraction of sp³-hybridized carbons (Fsp3) is 0.318. The summed E-state index contributed by atoms with van der Waals surface area (Å²) < 4.78 is 5.72. The second-order valence-corrected chi connectivity index (χ2v) is 7.13. The minimum Gasteiger partial charge on any atom is -0.490 e. The number of amides is 2. The summed E-state index contributed by atoms with van der Waals surface area (Å²) in [6.45, 7) is 3.61. The maximum atomic E-state index is 12.8. The molecule has 0 aliphatic carbocycles. The van der Waals surface area contributed by atoms with Gasteiger partial charge in [-0.05, 0) is 37.6 Å². The summed E-state index contributed by atoms with van der Waals surface area (Å²) in [6, 6.07) is 12.5. The molecule has 154 valence electrons. The number of aliphatic carboxylic acids is 1. The summed E-state index contributed by atoms with van der Waals surface area (Å²) in [5, 5.41) is 12.1. The third-order valence-electron chi connectivity index (χ3n) is 4.13. The third-order valence-corrected chi connectivity index (χ3v) is 4.13. The minimum atomic E-state index is -1.13. The first kappa shape index (κ1) is 21.9. The number of rotatable bonds is 8. The van der Waals surface area contributed by atoms with Gasteiger partial charge in [-0.3, -0.25) is 9.59 Å². The largest absolute Gasteiger partial charge is 0.490 e. The minimum absolute atomic E-state index is 0.152. The van der Waals surface area contributed by atoms with Crippen LogP contribution in [0.4, 0.5) is 0 Å². The van der Waals surface area contributed by atoms with Crippen LogP contribution in [0, 0.1) is 0 Å². The van der Waals surface area contributed by atoms with Crippen molar-refractivity contribution >= 4 is 17.8 Å². The zero-order chi connectivity index (χ0) is 21.6. The quantitative estimate of drug-likeness (QED) is 0.713. The Hall–Kier alpha value is -3.35. The predicted molar refractivity (Wildman–Crippen MR) is 109 cm³/mol. The van der Waals surface area contributed by atoms with E-state index in [1.807, 2.05) is 18.2 Å². The molecule has 7 nitrogen and oxygen atoms in total. The van der Waals surface area contributed by atoms with Gasteiger partial charge in [0.05, 0.1) is 11.7 Å². The highest BCUT2D eigenvalue weighted by atomic mass is 16.5. The first-order valence-electron chi connectivity index (χ1n) is 9.29. The normalized spacial score (nSPS) is 11.6. The Bertz CT molecular complexity index is 878. The van der Waals surface area contributed by atoms with Crippen molar-refractivity contribution in [2.75, 3.05) is 14.1 Å². The molecule has 2 N–H and O–H groups in total. The van der Waals surface area contributed by atoms with Crippen LogP contribution in [-0.2, 0) is 11.2 Å². The van der Waals surface area contributed by atoms with Crippen LogP contribution in [0.2, 0.25) is 0 Å². The lowest BCUT2D eigenvalue weighted by Crippen LogP contribution is -2.42. The van der Waals surface area contributed by atoms with Crippen LogP contribution in [-0.4, -0.2) is 54.0 Å². The molecule has 2 amide bonds. The first-order chi connectivity index (χ1) is 13.7. The zero-order valence-electron chi connectivity index (χ0n) is 17.0. The van der Waals surface area contributed by atoms with E-state index in [4.69, 9.17) is 4.74 Å². The highest BCUT2D eigenvalue weighted by molar-refractivity contribution is 6.01. The number of hydrogen-bond acceptors (Lipinski definition) is 4. The third kappa shape index (κ3) is 6.07. The number of carbonyl (C=O) groups is 3. The van der Waals surface area contributed by atoms with Crippen LogP contribution in [0.25, 0.3) is 0 Å². The molecule has 0 spiro atoms. The molecule has 0 aliphatic heterocycles. The topological polar surface area (TPSA) is 95.9 Å². The monoisotopic (exact) mass is 398 g/mol. The van der Waals surface area contributed by atoms with Crippen LogP contribution in [0.3, 0.4) is 0 Å². The van der Waals surface area contributed by atoms with Crippen molar-refractivity contribution in [2.24, 2.45) is 0 Å². The van der Waals surface area contributed by atoms with Crippen LogP contribution < -0.4 is 10.1 Å². The molecular formula is C22H26N2O5. The highest BCUT2D eigenvalue weighted by Gasteiger charge is 2.24. The van der Waals surface area contributed by atoms with Crippen LogP contribution >= 0.6 is 0 Å². The van der Waals surface area contributed by atoms with Crippen LogP contribution in [0.15, 0.2) is 48.5 Å². The summed E-state index contributed by atoms with van der Waals surface area (Å²) >= 11 is 0. The molecule has 7 heteroatoms. The Kier molecular flexibility index (Phi) is 7.36. The Morgan fingerprint density at radius 2 is 1.72 bits per heavy atom. The van der Waals surface area contributed by atoms with Gasteiger partial charge in [-0.15, -0.1) is 0 Å². The fourth-order valence-electron chi connectivity index (χ4n) is 2.74. The second-order valence-electron chi connectivity index (χ2n) is 7.13. The highest BCUT2D eigenvalue weighted by Crippen LogP contribution is 2.23. The second kappa shape index (κ2) is 9.73. The molecule has 0 unspecified atom stereocenters. The van der Waals surface area contributed by atoms with E-state index < -0.39 is 17.9 Å². The summed E-state index contributed by atoms with van der Waals surface area (Å²) in [6.07, 6.45) is -0.0784. The van der Waals surface area contributed by atoms with Gasteiger partial charge < -0.3 is 20.1 Å². The van der Waals surface area contributed by atoms with Crippen LogP contribution in [0.1, 0.15) is 40.1 Å². The number of carbonyl (C=O) groups excluding carboxylic acids is 2. The van der Waals surface area contributed by atoms with Crippen molar-refractivity contribution in [3.05, 3.63) is 65.2 Å². The van der Waals surface area contributed by atoms with Crippen molar-refractivity contribution in [1.82, 2.24) is 10.2 Å². The maximum Gasteiger partial charge on any atom is 0.326 e. The van der Waals surface area contributed by atoms with Crippen molar-refractivity contribution < 1.29 is 24.2 Å². The van der Waals surface area contributed by atoms with E-state index in [1.54, 1.807) is 40.1 Å². The average molecular weight is 398 g/mol. The smallest absolute Gasteiger partial charge is 0.326 e. The van der Waals surface area contributed by atoms with Gasteiger partial charge in [0.15, 0.2) is 0 Å². The fourth-order valence-corrected chi connectivity index (χ4v) is 2.74. The van der Waals surface area contributed by atoms with E-state index in [-0.39, 0.29) is 29.7 Å². The molecule has 0 radical (unpaired) electrons. The molecular weight excluding hydrogens is 372 g/mol. The molecule has 2 aromatic rings. The summed E-state index contributed by atoms with van der Waals surface area (Å²) in [5.74, 6) is -1.70. The lowest BCUT2D eigenvalue weighted by Gasteiger charge is -2.19. The SMILES string of the molecule is CC(C)Oc1cc(C(=O)N(C)C)ccc1C(=O)N[C@@H](Cc1ccccc1)C(=O)O. The van der Waals surface area contributed by atoms with Gasteiger partial charge in [-0.2, -0.15) is 0 Å². The van der Waals surface area contributed by atoms with Gasteiger partial charge in [0.2, 0.25) is 0 Å². The number of benzene rings is 2. The van der Waals surface area contributed by atoms with Gasteiger partial charge >= 0.3 is 5.97 Å². The Morgan fingerprint density at radius 3 is 2.28 bits per heavy atom. The van der Waals surface area contributed by atoms with E-state index in [2.05, 4.69) is 5.32 Å². The van der Waals surface area contributed by atoms with Gasteiger partial charge in [0.1, 0.15) is 11.8 Å². The molecule has 0 heterocycles. The number of nitrogens with zero attached hydrogens (tertiary/aromatic N) is 1. The lowest BCUT2D eigenvalue weighted by atomic mass is 10.0. The van der Waals surface area contributed by atoms with Gasteiger partial charge in [-0.25, -0.2) is 4.79 Å². The molecule has 0 bridgehead atoms. The number of hydrogen-bond donors (Lipinski definition) is 2. The van der Waals surface area contributed by atoms with Crippen molar-refractivity contribution in [2.45, 2.75) is 32.4 Å². The van der Waals surface area contributed by atoms with Gasteiger partial charge in [0.25, 0.3) is 11.8 Å². The summed E-state index contributed by atoms with van der Waals surface area (Å²) in [7, 11) is 3.26. The van der Waals surface area contributed by atoms with E-state index in [0.29, 0.717) is 5.56 Å². The number of ether oxygens (including phenoxy) is 1. The predicted octanol–water partition coefficient (Wildman–Crippen LogP) is 2.60. The van der Waals surface area contributed by atoms with Crippen molar-refractivity contribution in [1.29, 1.82) is 0 Å². The molecule has 0 saturated carbocycles. The standard InChI is InChI=1S/C22H26N2O5/c1-14(2)29-19-13-16(21(26)24(3)4)10-11-17(19)20(25)23-18(22(27)28)12-15-8-6-5-7-9-15/h5-11,13-14,18H,12H2,1-4H3,(H,23,25)(H,27,28)/t18-/m0/s1. The molecule has 0 aromatic heterocycles. The molecule has 0 aliphatic rings. The zero-order valence-corrected chi connectivity index (χ0v) is 17.0. The average Bonchev–Trinajstić information content (AvgIpc) is 2.66. The molecule has 2 rings (SSSR count). The van der Waals surface area contributed by atoms with E-state index in [1.165, 1.54) is 23.1 Å². The van der Waals surface area contributed by atoms with Gasteiger partial charge in [-0.1, -0.05) is 30.3 Å². The Morgan fingerprint density at radius 1 is 1.07 bits per heavy atom. The van der Waals surface area contributed by atoms with Gasteiger partial charge in [0, 0.05) is 26.1 Å². The first-order valence-corrected chi connectivity index (χ1v) is 9.29. The molecule has 1 atom stereocenters. The number of carboxylic acids is 1. The summed E-state index contributed by atoms with van der Waals surface area (Å²) in [4.78, 5) is 38.1. The summed E-state index contributed by atoms with van der Waals surface area (Å²) in [5.41, 5.74) is 1.35. The lowest BCUT2D eigenvalue weighted by molar-refractivity contribution is -0.139. The van der Waals surface area contributed by atoms with E-state index in [0.717, 1.165) is 5.56 Å². The molecule has 0 saturated heterocycles. The number of carboxylic acid groups (broad SMARTS) is 1. The van der Waals surface area contributed by atoms with Crippen molar-refractivity contribution in [3.63, 3.8) is 0 Å². The van der Waals surface area contributed by atoms with E-state index >= 15 is 0 Å². The van der Waals surface area contributed by atoms with E-state index in [9.17, 15) is 19.5 Å². The molecule has 0 fully saturated rings. The Balaban J connectivity index is 2.29. The maximum absolute atomic E-state index is 12.8. The van der Waals surface area contributed by atoms with Crippen LogP contribution in [0.5, 0.6) is 5.75 Å². The van der Waals surface area contributed by atoms with Crippen molar-refractivity contribution in [3.8, 4) is 5.75 Å². The Labute approximate surface area is 170 Å².